The molecule has 0 saturated carbocycles. The second kappa shape index (κ2) is 8.49. The first-order valence-corrected chi connectivity index (χ1v) is 11.4. The van der Waals surface area contributed by atoms with Crippen LogP contribution in [0.2, 0.25) is 0 Å². The van der Waals surface area contributed by atoms with Crippen LogP contribution >= 0.6 is 50.3 Å². The Morgan fingerprint density at radius 1 is 1.10 bits per heavy atom. The normalized spacial score (nSPS) is 15.6. The molecule has 1 heterocycles. The number of hydrogen-bond acceptors (Lipinski definition) is 4. The summed E-state index contributed by atoms with van der Waals surface area (Å²) in [4.78, 5) is 25.3. The van der Waals surface area contributed by atoms with Gasteiger partial charge in [-0.2, -0.15) is 0 Å². The molecule has 4 nitrogen and oxygen atoms in total. The van der Waals surface area contributed by atoms with Gasteiger partial charge >= 0.3 is 0 Å². The molecule has 146 valence electrons. The number of carbonyl (C=O) groups is 2. The fourth-order valence-electron chi connectivity index (χ4n) is 2.98. The molecule has 0 spiro atoms. The van der Waals surface area contributed by atoms with Crippen molar-refractivity contribution in [3.63, 3.8) is 0 Å². The Hall–Kier alpha value is -1.84. The van der Waals surface area contributed by atoms with Gasteiger partial charge in [0.2, 0.25) is 0 Å². The lowest BCUT2D eigenvalue weighted by molar-refractivity contribution is -0.121. The highest BCUT2D eigenvalue weighted by Gasteiger charge is 2.31. The Labute approximate surface area is 194 Å². The van der Waals surface area contributed by atoms with Gasteiger partial charge in [0.1, 0.15) is 12.4 Å². The summed E-state index contributed by atoms with van der Waals surface area (Å²) in [5.41, 5.74) is 1.92. The summed E-state index contributed by atoms with van der Waals surface area (Å²) < 4.78 is 7.79. The third-order valence-corrected chi connectivity index (χ3v) is 6.85. The van der Waals surface area contributed by atoms with Crippen molar-refractivity contribution < 1.29 is 14.3 Å². The lowest BCUT2D eigenvalue weighted by atomic mass is 10.1. The molecule has 3 aromatic carbocycles. The summed E-state index contributed by atoms with van der Waals surface area (Å²) in [6.07, 6.45) is 1.73. The van der Waals surface area contributed by atoms with E-state index >= 15 is 0 Å². The minimum Gasteiger partial charge on any atom is -0.487 e. The zero-order valence-corrected chi connectivity index (χ0v) is 19.9. The third kappa shape index (κ3) is 4.36. The molecule has 2 amide bonds. The Bertz CT molecular complexity index is 1150. The molecule has 3 aromatic rings. The Morgan fingerprint density at radius 2 is 1.86 bits per heavy atom. The number of hydrogen-bond donors (Lipinski definition) is 0. The average Bonchev–Trinajstić information content (AvgIpc) is 2.94. The molecule has 0 N–H and O–H groups in total. The second-order valence-corrected chi connectivity index (χ2v) is 9.53. The van der Waals surface area contributed by atoms with Crippen molar-refractivity contribution in [2.75, 3.05) is 7.05 Å². The fraction of sp³-hybridized carbons (Fsp3) is 0.0909. The van der Waals surface area contributed by atoms with Crippen LogP contribution in [0.1, 0.15) is 11.1 Å². The van der Waals surface area contributed by atoms with Crippen LogP contribution in [-0.2, 0) is 11.4 Å². The number of fused-ring (bicyclic) bond motifs is 1. The summed E-state index contributed by atoms with van der Waals surface area (Å²) in [7, 11) is 1.49. The molecule has 0 atom stereocenters. The van der Waals surface area contributed by atoms with E-state index in [2.05, 4.69) is 68.9 Å². The predicted molar refractivity (Wildman–Crippen MR) is 129 cm³/mol. The molecular weight excluding hydrogens is 565 g/mol. The van der Waals surface area contributed by atoms with Crippen LogP contribution in [0.25, 0.3) is 16.8 Å². The van der Waals surface area contributed by atoms with Crippen LogP contribution < -0.4 is 4.74 Å². The van der Waals surface area contributed by atoms with E-state index in [-0.39, 0.29) is 11.1 Å². The minimum atomic E-state index is -0.275. The van der Waals surface area contributed by atoms with Crippen LogP contribution in [0.15, 0.2) is 64.0 Å². The van der Waals surface area contributed by atoms with Crippen LogP contribution in [0.4, 0.5) is 4.79 Å². The molecule has 1 aliphatic rings. The summed E-state index contributed by atoms with van der Waals surface area (Å²) in [5, 5.41) is 2.13. The number of ether oxygens (including phenoxy) is 1. The van der Waals surface area contributed by atoms with Gasteiger partial charge < -0.3 is 4.74 Å². The number of amides is 2. The first kappa shape index (κ1) is 20.4. The molecule has 0 aromatic heterocycles. The first-order chi connectivity index (χ1) is 13.9. The highest BCUT2D eigenvalue weighted by atomic mass is 127. The SMILES string of the molecule is CN1C(=O)S/C(=C\c2cc(Br)c(OCc3ccc4ccccc4c3)c(I)c2)C1=O. The van der Waals surface area contributed by atoms with Gasteiger partial charge in [0.15, 0.2) is 0 Å². The van der Waals surface area contributed by atoms with Crippen molar-refractivity contribution in [3.05, 3.63) is 78.7 Å². The maximum Gasteiger partial charge on any atom is 0.293 e. The van der Waals surface area contributed by atoms with Gasteiger partial charge in [0.05, 0.1) is 12.9 Å². The van der Waals surface area contributed by atoms with Gasteiger partial charge in [-0.25, -0.2) is 0 Å². The molecule has 1 saturated heterocycles. The van der Waals surface area contributed by atoms with Crippen molar-refractivity contribution in [1.29, 1.82) is 0 Å². The summed E-state index contributed by atoms with van der Waals surface area (Å²) >= 11 is 6.74. The molecule has 4 rings (SSSR count). The van der Waals surface area contributed by atoms with Gasteiger partial charge in [0, 0.05) is 7.05 Å². The molecule has 1 aliphatic heterocycles. The minimum absolute atomic E-state index is 0.259. The van der Waals surface area contributed by atoms with E-state index in [0.29, 0.717) is 11.5 Å². The second-order valence-electron chi connectivity index (χ2n) is 6.52. The molecular formula is C22H15BrINO3S. The number of nitrogens with zero attached hydrogens (tertiary/aromatic N) is 1. The molecule has 29 heavy (non-hydrogen) atoms. The number of benzene rings is 3. The van der Waals surface area contributed by atoms with Crippen LogP contribution in [0, 0.1) is 3.57 Å². The van der Waals surface area contributed by atoms with E-state index in [1.54, 1.807) is 6.08 Å². The van der Waals surface area contributed by atoms with Gasteiger partial charge in [-0.15, -0.1) is 0 Å². The fourth-order valence-corrected chi connectivity index (χ4v) is 5.58. The van der Waals surface area contributed by atoms with E-state index < -0.39 is 0 Å². The lowest BCUT2D eigenvalue weighted by Crippen LogP contribution is -2.22. The van der Waals surface area contributed by atoms with E-state index in [0.717, 1.165) is 41.6 Å². The largest absolute Gasteiger partial charge is 0.487 e. The molecule has 0 bridgehead atoms. The van der Waals surface area contributed by atoms with Crippen molar-refractivity contribution in [2.24, 2.45) is 0 Å². The molecule has 0 unspecified atom stereocenters. The smallest absolute Gasteiger partial charge is 0.293 e. The number of imide groups is 1. The monoisotopic (exact) mass is 579 g/mol. The molecule has 7 heteroatoms. The van der Waals surface area contributed by atoms with Crippen molar-refractivity contribution in [1.82, 2.24) is 4.90 Å². The van der Waals surface area contributed by atoms with Gasteiger partial charge in [0.25, 0.3) is 11.1 Å². The van der Waals surface area contributed by atoms with E-state index in [1.165, 1.54) is 17.8 Å². The van der Waals surface area contributed by atoms with Gasteiger partial charge in [-0.3, -0.25) is 14.5 Å². The quantitative estimate of drug-likeness (QED) is 0.263. The molecule has 1 fully saturated rings. The first-order valence-electron chi connectivity index (χ1n) is 8.73. The Balaban J connectivity index is 1.54. The van der Waals surface area contributed by atoms with Crippen LogP contribution in [0.3, 0.4) is 0 Å². The molecule has 0 radical (unpaired) electrons. The summed E-state index contributed by atoms with van der Waals surface area (Å²) in [6.45, 7) is 0.452. The third-order valence-electron chi connectivity index (χ3n) is 4.50. The van der Waals surface area contributed by atoms with Gasteiger partial charge in [-0.1, -0.05) is 36.4 Å². The summed E-state index contributed by atoms with van der Waals surface area (Å²) in [6, 6.07) is 18.4. The lowest BCUT2D eigenvalue weighted by Gasteiger charge is -2.12. The number of thioether (sulfide) groups is 1. The number of carbonyl (C=O) groups excluding carboxylic acids is 2. The van der Waals surface area contributed by atoms with E-state index in [9.17, 15) is 9.59 Å². The van der Waals surface area contributed by atoms with Gasteiger partial charge in [-0.05, 0) is 96.5 Å². The van der Waals surface area contributed by atoms with Crippen molar-refractivity contribution in [2.45, 2.75) is 6.61 Å². The number of rotatable bonds is 4. The highest BCUT2D eigenvalue weighted by Crippen LogP contribution is 2.36. The standard InChI is InChI=1S/C22H15BrINO3S/c1-25-21(26)19(29-22(25)27)11-14-9-17(23)20(18(24)10-14)28-12-13-6-7-15-4-2-3-5-16(15)8-13/h2-11H,12H2,1H3/b19-11-. The summed E-state index contributed by atoms with van der Waals surface area (Å²) in [5.74, 6) is 0.474. The maximum absolute atomic E-state index is 12.1. The Kier molecular flexibility index (Phi) is 5.98. The van der Waals surface area contributed by atoms with Crippen molar-refractivity contribution in [3.8, 4) is 5.75 Å². The average molecular weight is 580 g/mol. The maximum atomic E-state index is 12.1. The predicted octanol–water partition coefficient (Wildman–Crippen LogP) is 6.45. The zero-order chi connectivity index (χ0) is 20.5. The van der Waals surface area contributed by atoms with Crippen LogP contribution in [0.5, 0.6) is 5.75 Å². The van der Waals surface area contributed by atoms with Crippen molar-refractivity contribution >= 4 is 78.3 Å². The Morgan fingerprint density at radius 3 is 2.55 bits per heavy atom. The van der Waals surface area contributed by atoms with E-state index in [4.69, 9.17) is 4.74 Å². The van der Waals surface area contributed by atoms with E-state index in [1.807, 2.05) is 24.3 Å². The number of likely N-dealkylation sites (N-methyl/N-ethyl adjacent to an activating group) is 1. The number of halogens is 2. The molecule has 0 aliphatic carbocycles. The topological polar surface area (TPSA) is 46.6 Å². The zero-order valence-electron chi connectivity index (χ0n) is 15.3. The van der Waals surface area contributed by atoms with Crippen LogP contribution in [-0.4, -0.2) is 23.1 Å². The highest BCUT2D eigenvalue weighted by molar-refractivity contribution is 14.1.